The van der Waals surface area contributed by atoms with Gasteiger partial charge in [-0.05, 0) is 36.1 Å². The van der Waals surface area contributed by atoms with Crippen molar-refractivity contribution in [3.8, 4) is 0 Å². The second kappa shape index (κ2) is 6.02. The Labute approximate surface area is 138 Å². The molecule has 0 saturated carbocycles. The quantitative estimate of drug-likeness (QED) is 0.934. The molecule has 5 nitrogen and oxygen atoms in total. The number of halogens is 1. The monoisotopic (exact) mass is 335 g/mol. The minimum atomic E-state index is -0.183. The summed E-state index contributed by atoms with van der Waals surface area (Å²) in [7, 11) is 0. The summed E-state index contributed by atoms with van der Waals surface area (Å²) in [5, 5.41) is 14.7. The van der Waals surface area contributed by atoms with Gasteiger partial charge in [0.15, 0.2) is 5.82 Å². The van der Waals surface area contributed by atoms with Crippen molar-refractivity contribution in [3.63, 3.8) is 0 Å². The minimum absolute atomic E-state index is 0.183. The maximum atomic E-state index is 6.22. The summed E-state index contributed by atoms with van der Waals surface area (Å²) < 4.78 is 1.78. The molecule has 1 unspecified atom stereocenters. The third-order valence-corrected chi connectivity index (χ3v) is 5.06. The number of nitrogens with zero attached hydrogens (tertiary/aromatic N) is 4. The second-order valence-corrected chi connectivity index (χ2v) is 7.07. The van der Waals surface area contributed by atoms with E-state index >= 15 is 0 Å². The van der Waals surface area contributed by atoms with E-state index in [0.717, 1.165) is 32.8 Å². The summed E-state index contributed by atoms with van der Waals surface area (Å²) in [4.78, 5) is 0. The molecule has 7 heteroatoms. The zero-order valence-corrected chi connectivity index (χ0v) is 14.3. The summed E-state index contributed by atoms with van der Waals surface area (Å²) in [6, 6.07) is 5.77. The van der Waals surface area contributed by atoms with Crippen LogP contribution in [0.5, 0.6) is 0 Å². The van der Waals surface area contributed by atoms with Crippen LogP contribution in [0.25, 0.3) is 0 Å². The zero-order chi connectivity index (χ0) is 15.9. The molecule has 0 amide bonds. The van der Waals surface area contributed by atoms with Crippen molar-refractivity contribution in [3.05, 3.63) is 40.2 Å². The SMILES string of the molecule is Cc1cc(C2=Nn3c(nnc3C(N)C(C)C)SC2)ccc1Cl. The zero-order valence-electron chi connectivity index (χ0n) is 12.7. The lowest BCUT2D eigenvalue weighted by Crippen LogP contribution is -2.23. The van der Waals surface area contributed by atoms with Crippen LogP contribution in [0.2, 0.25) is 5.02 Å². The molecule has 116 valence electrons. The maximum absolute atomic E-state index is 6.22. The number of hydrogen-bond acceptors (Lipinski definition) is 5. The molecule has 1 atom stereocenters. The van der Waals surface area contributed by atoms with Crippen molar-refractivity contribution in [1.29, 1.82) is 0 Å². The van der Waals surface area contributed by atoms with Gasteiger partial charge in [0.2, 0.25) is 5.16 Å². The lowest BCUT2D eigenvalue weighted by Gasteiger charge is -2.18. The Hall–Kier alpha value is -1.37. The molecule has 2 heterocycles. The third kappa shape index (κ3) is 2.78. The number of nitrogens with two attached hydrogens (primary N) is 1. The van der Waals surface area contributed by atoms with E-state index in [-0.39, 0.29) is 12.0 Å². The highest BCUT2D eigenvalue weighted by Crippen LogP contribution is 2.28. The van der Waals surface area contributed by atoms with Crippen LogP contribution < -0.4 is 5.73 Å². The van der Waals surface area contributed by atoms with Gasteiger partial charge in [-0.1, -0.05) is 43.3 Å². The average Bonchev–Trinajstić information content (AvgIpc) is 2.92. The first-order valence-corrected chi connectivity index (χ1v) is 8.52. The second-order valence-electron chi connectivity index (χ2n) is 5.72. The molecule has 2 aromatic rings. The summed E-state index contributed by atoms with van der Waals surface area (Å²) in [5.74, 6) is 1.74. The van der Waals surface area contributed by atoms with Crippen molar-refractivity contribution in [2.24, 2.45) is 16.8 Å². The van der Waals surface area contributed by atoms with Gasteiger partial charge in [-0.2, -0.15) is 9.78 Å². The Kier molecular flexibility index (Phi) is 4.25. The van der Waals surface area contributed by atoms with Gasteiger partial charge in [0.05, 0.1) is 11.8 Å². The largest absolute Gasteiger partial charge is 0.321 e. The van der Waals surface area contributed by atoms with Crippen molar-refractivity contribution >= 4 is 29.1 Å². The van der Waals surface area contributed by atoms with E-state index in [2.05, 4.69) is 30.1 Å². The molecule has 22 heavy (non-hydrogen) atoms. The molecule has 0 aliphatic carbocycles. The summed E-state index contributed by atoms with van der Waals surface area (Å²) in [6.45, 7) is 6.12. The van der Waals surface area contributed by atoms with Gasteiger partial charge in [0, 0.05) is 10.8 Å². The van der Waals surface area contributed by atoms with Crippen LogP contribution in [0.3, 0.4) is 0 Å². The molecule has 0 saturated heterocycles. The van der Waals surface area contributed by atoms with Crippen LogP contribution >= 0.6 is 23.4 Å². The normalized spacial score (nSPS) is 15.6. The topological polar surface area (TPSA) is 69.1 Å². The van der Waals surface area contributed by atoms with Gasteiger partial charge in [0.1, 0.15) is 0 Å². The van der Waals surface area contributed by atoms with Crippen LogP contribution in [0.4, 0.5) is 0 Å². The summed E-state index contributed by atoms with van der Waals surface area (Å²) in [6.07, 6.45) is 0. The number of fused-ring (bicyclic) bond motifs is 1. The molecule has 1 aliphatic rings. The maximum Gasteiger partial charge on any atom is 0.212 e. The Balaban J connectivity index is 2.02. The average molecular weight is 336 g/mol. The van der Waals surface area contributed by atoms with Gasteiger partial charge < -0.3 is 5.73 Å². The highest BCUT2D eigenvalue weighted by molar-refractivity contribution is 7.99. The van der Waals surface area contributed by atoms with E-state index in [9.17, 15) is 0 Å². The molecule has 0 bridgehead atoms. The Morgan fingerprint density at radius 2 is 2.09 bits per heavy atom. The van der Waals surface area contributed by atoms with Gasteiger partial charge in [-0.3, -0.25) is 0 Å². The van der Waals surface area contributed by atoms with Crippen molar-refractivity contribution in [2.45, 2.75) is 32.0 Å². The highest BCUT2D eigenvalue weighted by atomic mass is 35.5. The van der Waals surface area contributed by atoms with E-state index < -0.39 is 0 Å². The predicted molar refractivity (Wildman–Crippen MR) is 90.6 cm³/mol. The molecule has 3 rings (SSSR count). The standard InChI is InChI=1S/C15H18ClN5S/c1-8(2)13(17)14-18-19-15-21(14)20-12(7-22-15)10-4-5-11(16)9(3)6-10/h4-6,8,13H,7,17H2,1-3H3. The van der Waals surface area contributed by atoms with E-state index in [1.165, 1.54) is 0 Å². The molecule has 0 fully saturated rings. The van der Waals surface area contributed by atoms with Crippen LogP contribution in [0, 0.1) is 12.8 Å². The Morgan fingerprint density at radius 3 is 2.77 bits per heavy atom. The number of benzene rings is 1. The molecule has 1 aliphatic heterocycles. The Morgan fingerprint density at radius 1 is 1.32 bits per heavy atom. The smallest absolute Gasteiger partial charge is 0.212 e. The molecular formula is C15H18ClN5S. The number of thioether (sulfide) groups is 1. The molecule has 2 N–H and O–H groups in total. The van der Waals surface area contributed by atoms with Gasteiger partial charge in [0.25, 0.3) is 0 Å². The highest BCUT2D eigenvalue weighted by Gasteiger charge is 2.24. The number of aryl methyl sites for hydroxylation is 1. The van der Waals surface area contributed by atoms with Crippen LogP contribution in [0.1, 0.15) is 36.8 Å². The van der Waals surface area contributed by atoms with Crippen LogP contribution in [-0.2, 0) is 0 Å². The van der Waals surface area contributed by atoms with Gasteiger partial charge >= 0.3 is 0 Å². The minimum Gasteiger partial charge on any atom is -0.321 e. The van der Waals surface area contributed by atoms with Gasteiger partial charge in [-0.25, -0.2) is 0 Å². The van der Waals surface area contributed by atoms with E-state index in [4.69, 9.17) is 22.4 Å². The van der Waals surface area contributed by atoms with Crippen molar-refractivity contribution < 1.29 is 0 Å². The van der Waals surface area contributed by atoms with Crippen molar-refractivity contribution in [1.82, 2.24) is 14.9 Å². The molecule has 1 aromatic heterocycles. The van der Waals surface area contributed by atoms with Crippen molar-refractivity contribution in [2.75, 3.05) is 5.75 Å². The first-order valence-electron chi connectivity index (χ1n) is 7.15. The first kappa shape index (κ1) is 15.5. The lowest BCUT2D eigenvalue weighted by atomic mass is 10.1. The third-order valence-electron chi connectivity index (χ3n) is 3.70. The summed E-state index contributed by atoms with van der Waals surface area (Å²) >= 11 is 7.72. The fourth-order valence-corrected chi connectivity index (χ4v) is 3.18. The number of aromatic nitrogens is 3. The predicted octanol–water partition coefficient (Wildman–Crippen LogP) is 3.25. The van der Waals surface area contributed by atoms with E-state index in [1.807, 2.05) is 19.1 Å². The fourth-order valence-electron chi connectivity index (χ4n) is 2.21. The number of hydrogen-bond donors (Lipinski definition) is 1. The van der Waals surface area contributed by atoms with Crippen LogP contribution in [-0.4, -0.2) is 26.3 Å². The molecule has 0 radical (unpaired) electrons. The van der Waals surface area contributed by atoms with Crippen LogP contribution in [0.15, 0.2) is 28.5 Å². The number of rotatable bonds is 3. The first-order chi connectivity index (χ1) is 10.5. The molecular weight excluding hydrogens is 318 g/mol. The molecule has 1 aromatic carbocycles. The fraction of sp³-hybridized carbons (Fsp3) is 0.400. The van der Waals surface area contributed by atoms with E-state index in [1.54, 1.807) is 16.4 Å². The Bertz CT molecular complexity index is 738. The lowest BCUT2D eigenvalue weighted by molar-refractivity contribution is 0.470. The molecule has 0 spiro atoms. The van der Waals surface area contributed by atoms with E-state index in [0.29, 0.717) is 5.82 Å². The van der Waals surface area contributed by atoms with Gasteiger partial charge in [-0.15, -0.1) is 10.2 Å². The summed E-state index contributed by atoms with van der Waals surface area (Å²) in [5.41, 5.74) is 9.31.